The average Bonchev–Trinajstić information content (AvgIpc) is 2.70. The van der Waals surface area contributed by atoms with Gasteiger partial charge < -0.3 is 9.84 Å². The third kappa shape index (κ3) is 2.91. The fraction of sp³-hybridized carbons (Fsp3) is 0.562. The summed E-state index contributed by atoms with van der Waals surface area (Å²) < 4.78 is 5.89. The van der Waals surface area contributed by atoms with Crippen LogP contribution < -0.4 is 4.74 Å². The highest BCUT2D eigenvalue weighted by molar-refractivity contribution is 5.74. The maximum atomic E-state index is 11.5. The number of benzene rings is 1. The molecule has 0 amide bonds. The van der Waals surface area contributed by atoms with Gasteiger partial charge in [0.25, 0.3) is 0 Å². The van der Waals surface area contributed by atoms with E-state index in [1.807, 2.05) is 26.0 Å². The molecule has 0 saturated carbocycles. The van der Waals surface area contributed by atoms with Gasteiger partial charge in [0.1, 0.15) is 11.9 Å². The molecule has 104 valence electrons. The van der Waals surface area contributed by atoms with Gasteiger partial charge in [-0.15, -0.1) is 0 Å². The average molecular weight is 262 g/mol. The molecule has 0 aromatic heterocycles. The zero-order chi connectivity index (χ0) is 14.0. The number of hydrogen-bond donors (Lipinski definition) is 1. The van der Waals surface area contributed by atoms with Crippen molar-refractivity contribution in [2.24, 2.45) is 5.41 Å². The van der Waals surface area contributed by atoms with E-state index in [-0.39, 0.29) is 6.10 Å². The number of fused-ring (bicyclic) bond motifs is 1. The lowest BCUT2D eigenvalue weighted by atomic mass is 9.79. The summed E-state index contributed by atoms with van der Waals surface area (Å²) in [6, 6.07) is 6.15. The molecule has 1 aliphatic rings. The Labute approximate surface area is 114 Å². The maximum absolute atomic E-state index is 11.5. The Morgan fingerprint density at radius 2 is 2.26 bits per heavy atom. The van der Waals surface area contributed by atoms with Crippen molar-refractivity contribution in [1.29, 1.82) is 0 Å². The minimum atomic E-state index is -0.718. The van der Waals surface area contributed by atoms with E-state index in [0.717, 1.165) is 18.6 Å². The molecule has 2 atom stereocenters. The lowest BCUT2D eigenvalue weighted by molar-refractivity contribution is -0.150. The molecule has 0 radical (unpaired) electrons. The number of ether oxygens (including phenoxy) is 1. The first kappa shape index (κ1) is 13.9. The van der Waals surface area contributed by atoms with Crippen molar-refractivity contribution in [2.75, 3.05) is 0 Å². The highest BCUT2D eigenvalue weighted by atomic mass is 16.5. The van der Waals surface area contributed by atoms with Crippen molar-refractivity contribution in [2.45, 2.75) is 52.6 Å². The summed E-state index contributed by atoms with van der Waals surface area (Å²) in [6.45, 7) is 5.91. The SMILES string of the molecule is CCCC(C)(CC1Cc2cc(C)ccc2O1)C(=O)O. The molecule has 1 aliphatic heterocycles. The fourth-order valence-corrected chi connectivity index (χ4v) is 2.91. The second-order valence-corrected chi connectivity index (χ2v) is 5.88. The molecule has 0 aliphatic carbocycles. The molecular weight excluding hydrogens is 240 g/mol. The van der Waals surface area contributed by atoms with Crippen LogP contribution in [0.5, 0.6) is 5.75 Å². The second kappa shape index (κ2) is 5.24. The predicted molar refractivity (Wildman–Crippen MR) is 74.6 cm³/mol. The summed E-state index contributed by atoms with van der Waals surface area (Å²) in [5.74, 6) is 0.199. The van der Waals surface area contributed by atoms with Crippen LogP contribution in [-0.2, 0) is 11.2 Å². The number of hydrogen-bond acceptors (Lipinski definition) is 2. The zero-order valence-corrected chi connectivity index (χ0v) is 11.9. The summed E-state index contributed by atoms with van der Waals surface area (Å²) in [5.41, 5.74) is 1.74. The molecule has 1 heterocycles. The largest absolute Gasteiger partial charge is 0.490 e. The van der Waals surface area contributed by atoms with Crippen molar-refractivity contribution in [3.63, 3.8) is 0 Å². The van der Waals surface area contributed by atoms with Crippen molar-refractivity contribution in [3.8, 4) is 5.75 Å². The van der Waals surface area contributed by atoms with E-state index in [0.29, 0.717) is 12.8 Å². The van der Waals surface area contributed by atoms with Crippen LogP contribution >= 0.6 is 0 Å². The molecule has 0 fully saturated rings. The topological polar surface area (TPSA) is 46.5 Å². The first-order valence-corrected chi connectivity index (χ1v) is 6.94. The highest BCUT2D eigenvalue weighted by Gasteiger charge is 2.37. The van der Waals surface area contributed by atoms with Gasteiger partial charge in [0, 0.05) is 12.8 Å². The molecule has 3 nitrogen and oxygen atoms in total. The fourth-order valence-electron chi connectivity index (χ4n) is 2.91. The number of aliphatic carboxylic acids is 1. The van der Waals surface area contributed by atoms with E-state index in [1.165, 1.54) is 11.1 Å². The van der Waals surface area contributed by atoms with Crippen LogP contribution in [0.1, 0.15) is 44.2 Å². The molecule has 1 aromatic rings. The summed E-state index contributed by atoms with van der Waals surface area (Å²) in [6.07, 6.45) is 2.96. The molecule has 3 heteroatoms. The van der Waals surface area contributed by atoms with Gasteiger partial charge in [0.05, 0.1) is 5.41 Å². The monoisotopic (exact) mass is 262 g/mol. The summed E-state index contributed by atoms with van der Waals surface area (Å²) >= 11 is 0. The van der Waals surface area contributed by atoms with Gasteiger partial charge in [-0.3, -0.25) is 4.79 Å². The van der Waals surface area contributed by atoms with Crippen LogP contribution in [0, 0.1) is 12.3 Å². The highest BCUT2D eigenvalue weighted by Crippen LogP contribution is 2.37. The van der Waals surface area contributed by atoms with Gasteiger partial charge in [-0.2, -0.15) is 0 Å². The molecule has 2 rings (SSSR count). The molecule has 0 saturated heterocycles. The Morgan fingerprint density at radius 3 is 2.89 bits per heavy atom. The van der Waals surface area contributed by atoms with Crippen LogP contribution in [0.15, 0.2) is 18.2 Å². The summed E-state index contributed by atoms with van der Waals surface area (Å²) in [5, 5.41) is 9.43. The van der Waals surface area contributed by atoms with E-state index in [4.69, 9.17) is 4.74 Å². The number of rotatable bonds is 5. The molecule has 0 bridgehead atoms. The number of aryl methyl sites for hydroxylation is 1. The number of carboxylic acid groups (broad SMARTS) is 1. The third-order valence-corrected chi connectivity index (χ3v) is 3.95. The van der Waals surface area contributed by atoms with Crippen molar-refractivity contribution < 1.29 is 14.6 Å². The van der Waals surface area contributed by atoms with Gasteiger partial charge in [0.2, 0.25) is 0 Å². The van der Waals surface area contributed by atoms with E-state index in [1.54, 1.807) is 0 Å². The Hall–Kier alpha value is -1.51. The zero-order valence-electron chi connectivity index (χ0n) is 11.9. The molecule has 2 unspecified atom stereocenters. The van der Waals surface area contributed by atoms with Gasteiger partial charge in [0.15, 0.2) is 0 Å². The van der Waals surface area contributed by atoms with Crippen LogP contribution in [0.4, 0.5) is 0 Å². The van der Waals surface area contributed by atoms with Crippen LogP contribution in [0.3, 0.4) is 0 Å². The first-order valence-electron chi connectivity index (χ1n) is 6.94. The molecule has 19 heavy (non-hydrogen) atoms. The van der Waals surface area contributed by atoms with Crippen LogP contribution in [0.2, 0.25) is 0 Å². The second-order valence-electron chi connectivity index (χ2n) is 5.88. The predicted octanol–water partition coefficient (Wildman–Crippen LogP) is 3.58. The first-order chi connectivity index (χ1) is 8.94. The van der Waals surface area contributed by atoms with Gasteiger partial charge in [-0.25, -0.2) is 0 Å². The Kier molecular flexibility index (Phi) is 3.83. The Balaban J connectivity index is 2.08. The quantitative estimate of drug-likeness (QED) is 0.882. The van der Waals surface area contributed by atoms with Crippen molar-refractivity contribution >= 4 is 5.97 Å². The minimum Gasteiger partial charge on any atom is -0.490 e. The maximum Gasteiger partial charge on any atom is 0.309 e. The van der Waals surface area contributed by atoms with Crippen LogP contribution in [-0.4, -0.2) is 17.2 Å². The Bertz CT molecular complexity index is 481. The lowest BCUT2D eigenvalue weighted by Gasteiger charge is -2.27. The van der Waals surface area contributed by atoms with Gasteiger partial charge in [-0.05, 0) is 31.9 Å². The van der Waals surface area contributed by atoms with Crippen molar-refractivity contribution in [1.82, 2.24) is 0 Å². The number of carbonyl (C=O) groups is 1. The van der Waals surface area contributed by atoms with Gasteiger partial charge in [-0.1, -0.05) is 31.0 Å². The molecular formula is C16H22O3. The van der Waals surface area contributed by atoms with Gasteiger partial charge >= 0.3 is 5.97 Å². The van der Waals surface area contributed by atoms with E-state index in [2.05, 4.69) is 13.0 Å². The van der Waals surface area contributed by atoms with E-state index >= 15 is 0 Å². The van der Waals surface area contributed by atoms with Crippen LogP contribution in [0.25, 0.3) is 0 Å². The molecule has 1 N–H and O–H groups in total. The normalized spacial score (nSPS) is 20.5. The summed E-state index contributed by atoms with van der Waals surface area (Å²) in [7, 11) is 0. The lowest BCUT2D eigenvalue weighted by Crippen LogP contribution is -2.33. The number of carboxylic acids is 1. The molecule has 0 spiro atoms. The smallest absolute Gasteiger partial charge is 0.309 e. The Morgan fingerprint density at radius 1 is 1.53 bits per heavy atom. The standard InChI is InChI=1S/C16H22O3/c1-4-7-16(3,15(17)18)10-13-9-12-8-11(2)5-6-14(12)19-13/h5-6,8,13H,4,7,9-10H2,1-3H3,(H,17,18). The third-order valence-electron chi connectivity index (χ3n) is 3.95. The van der Waals surface area contributed by atoms with E-state index < -0.39 is 11.4 Å². The van der Waals surface area contributed by atoms with E-state index in [9.17, 15) is 9.90 Å². The summed E-state index contributed by atoms with van der Waals surface area (Å²) in [4.78, 5) is 11.5. The van der Waals surface area contributed by atoms with Crippen molar-refractivity contribution in [3.05, 3.63) is 29.3 Å². The minimum absolute atomic E-state index is 0.00977. The molecule has 1 aromatic carbocycles.